The van der Waals surface area contributed by atoms with Gasteiger partial charge in [-0.15, -0.1) is 0 Å². The van der Waals surface area contributed by atoms with Crippen molar-refractivity contribution in [3.8, 4) is 0 Å². The van der Waals surface area contributed by atoms with Crippen molar-refractivity contribution in [1.29, 1.82) is 0 Å². The highest BCUT2D eigenvalue weighted by Crippen LogP contribution is 2.25. The van der Waals surface area contributed by atoms with E-state index in [-0.39, 0.29) is 6.04 Å². The molecule has 1 atom stereocenters. The van der Waals surface area contributed by atoms with Crippen LogP contribution in [0.4, 0.5) is 5.69 Å². The van der Waals surface area contributed by atoms with E-state index in [1.54, 1.807) is 11.9 Å². The predicted octanol–water partition coefficient (Wildman–Crippen LogP) is 3.80. The summed E-state index contributed by atoms with van der Waals surface area (Å²) in [6.07, 6.45) is 1.92. The van der Waals surface area contributed by atoms with E-state index in [0.717, 1.165) is 38.7 Å². The molecule has 26 heavy (non-hydrogen) atoms. The molecule has 0 fully saturated rings. The summed E-state index contributed by atoms with van der Waals surface area (Å²) in [7, 11) is 1.00. The van der Waals surface area contributed by atoms with Crippen LogP contribution in [0.2, 0.25) is 0 Å². The Kier molecular flexibility index (Phi) is 11.1. The second-order valence-corrected chi connectivity index (χ2v) is 7.85. The van der Waals surface area contributed by atoms with Crippen LogP contribution in [0.15, 0.2) is 59.5 Å². The molecule has 0 heterocycles. The first-order valence-electron chi connectivity index (χ1n) is 9.05. The smallest absolute Gasteiger partial charge is 0.0319 e. The fraction of sp³-hybridized carbons (Fsp3) is 0.429. The summed E-state index contributed by atoms with van der Waals surface area (Å²) in [4.78, 5) is 1.22. The third kappa shape index (κ3) is 9.25. The minimum absolute atomic E-state index is 0.189. The lowest BCUT2D eigenvalue weighted by Crippen LogP contribution is -2.30. The van der Waals surface area contributed by atoms with Crippen LogP contribution in [0.25, 0.3) is 0 Å². The van der Waals surface area contributed by atoms with E-state index in [2.05, 4.69) is 54.6 Å². The third-order valence-corrected chi connectivity index (χ3v) is 4.85. The van der Waals surface area contributed by atoms with Gasteiger partial charge in [-0.3, -0.25) is 0 Å². The van der Waals surface area contributed by atoms with Crippen LogP contribution >= 0.6 is 11.9 Å². The van der Waals surface area contributed by atoms with E-state index in [1.807, 2.05) is 18.2 Å². The molecule has 0 aliphatic heterocycles. The molecule has 4 nitrogen and oxygen atoms in total. The van der Waals surface area contributed by atoms with Gasteiger partial charge in [0.25, 0.3) is 0 Å². The molecule has 0 aromatic heterocycles. The average molecular weight is 376 g/mol. The Labute approximate surface area is 162 Å². The number of rotatable bonds is 9. The van der Waals surface area contributed by atoms with Crippen molar-refractivity contribution in [3.05, 3.63) is 60.2 Å². The molecular weight excluding hydrogens is 342 g/mol. The van der Waals surface area contributed by atoms with Crippen LogP contribution in [-0.2, 0) is 6.42 Å². The molecule has 0 spiro atoms. The summed E-state index contributed by atoms with van der Waals surface area (Å²) in [6.45, 7) is 6.54. The van der Waals surface area contributed by atoms with Gasteiger partial charge in [0.05, 0.1) is 0 Å². The van der Waals surface area contributed by atoms with Crippen LogP contribution in [-0.4, -0.2) is 35.7 Å². The normalized spacial score (nSPS) is 12.0. The standard InChI is InChI=1S/C20H29N3S.CH4O/c1-16(2)15-23(24-20-10-8-18(21)9-11-20)13-12-19(22)14-17-6-4-3-5-7-17;1-2/h3-11,16,19H,12-15,21-22H2,1-2H3;2H,1H3. The maximum absolute atomic E-state index is 7.00. The SMILES string of the molecule is CC(C)CN(CCC(N)Cc1ccccc1)Sc1ccc(N)cc1.CO. The Morgan fingerprint density at radius 2 is 1.62 bits per heavy atom. The maximum Gasteiger partial charge on any atom is 0.0319 e. The van der Waals surface area contributed by atoms with Gasteiger partial charge in [0.2, 0.25) is 0 Å². The van der Waals surface area contributed by atoms with Gasteiger partial charge in [-0.25, -0.2) is 4.31 Å². The molecule has 0 amide bonds. The van der Waals surface area contributed by atoms with Crippen molar-refractivity contribution < 1.29 is 5.11 Å². The second kappa shape index (κ2) is 12.8. The summed E-state index contributed by atoms with van der Waals surface area (Å²) in [5, 5.41) is 7.00. The summed E-state index contributed by atoms with van der Waals surface area (Å²) in [5.74, 6) is 0.622. The van der Waals surface area contributed by atoms with E-state index in [1.165, 1.54) is 10.5 Å². The van der Waals surface area contributed by atoms with Crippen LogP contribution in [0, 0.1) is 5.92 Å². The molecule has 0 saturated carbocycles. The van der Waals surface area contributed by atoms with Crippen LogP contribution in [0.1, 0.15) is 25.8 Å². The summed E-state index contributed by atoms with van der Waals surface area (Å²) in [6, 6.07) is 18.7. The van der Waals surface area contributed by atoms with E-state index in [4.69, 9.17) is 16.6 Å². The molecule has 0 aliphatic carbocycles. The fourth-order valence-electron chi connectivity index (χ4n) is 2.59. The first-order valence-corrected chi connectivity index (χ1v) is 9.83. The van der Waals surface area contributed by atoms with Gasteiger partial charge in [0.1, 0.15) is 0 Å². The van der Waals surface area contributed by atoms with Gasteiger partial charge in [-0.1, -0.05) is 44.2 Å². The first kappa shape index (κ1) is 22.5. The summed E-state index contributed by atoms with van der Waals surface area (Å²) < 4.78 is 2.42. The zero-order chi connectivity index (χ0) is 19.4. The topological polar surface area (TPSA) is 75.5 Å². The minimum Gasteiger partial charge on any atom is -0.400 e. The molecule has 0 saturated heterocycles. The molecule has 5 heteroatoms. The van der Waals surface area contributed by atoms with Gasteiger partial charge in [0, 0.05) is 36.8 Å². The average Bonchev–Trinajstić information content (AvgIpc) is 2.64. The molecule has 5 N–H and O–H groups in total. The lowest BCUT2D eigenvalue weighted by molar-refractivity contribution is 0.385. The van der Waals surface area contributed by atoms with Crippen molar-refractivity contribution in [1.82, 2.24) is 4.31 Å². The molecule has 144 valence electrons. The summed E-state index contributed by atoms with van der Waals surface area (Å²) >= 11 is 1.80. The van der Waals surface area contributed by atoms with Gasteiger partial charge < -0.3 is 16.6 Å². The van der Waals surface area contributed by atoms with Gasteiger partial charge in [0.15, 0.2) is 0 Å². The van der Waals surface area contributed by atoms with Crippen molar-refractivity contribution in [2.24, 2.45) is 11.7 Å². The first-order chi connectivity index (χ1) is 12.5. The number of aliphatic hydroxyl groups is 1. The molecule has 2 aromatic carbocycles. The van der Waals surface area contributed by atoms with Gasteiger partial charge >= 0.3 is 0 Å². The van der Waals surface area contributed by atoms with E-state index < -0.39 is 0 Å². The van der Waals surface area contributed by atoms with E-state index in [9.17, 15) is 0 Å². The number of nitrogen functional groups attached to an aromatic ring is 1. The van der Waals surface area contributed by atoms with Gasteiger partial charge in [-0.05, 0) is 60.5 Å². The Balaban J connectivity index is 0.00000163. The van der Waals surface area contributed by atoms with Crippen LogP contribution in [0.3, 0.4) is 0 Å². The number of nitrogens with two attached hydrogens (primary N) is 2. The highest BCUT2D eigenvalue weighted by molar-refractivity contribution is 7.97. The third-order valence-electron chi connectivity index (χ3n) is 3.77. The van der Waals surface area contributed by atoms with Crippen molar-refractivity contribution in [3.63, 3.8) is 0 Å². The van der Waals surface area contributed by atoms with Crippen molar-refractivity contribution >= 4 is 17.6 Å². The number of benzene rings is 2. The van der Waals surface area contributed by atoms with Crippen molar-refractivity contribution in [2.45, 2.75) is 37.6 Å². The highest BCUT2D eigenvalue weighted by Gasteiger charge is 2.12. The van der Waals surface area contributed by atoms with E-state index >= 15 is 0 Å². The molecule has 0 radical (unpaired) electrons. The lowest BCUT2D eigenvalue weighted by atomic mass is 10.0. The zero-order valence-electron chi connectivity index (χ0n) is 16.1. The van der Waals surface area contributed by atoms with E-state index in [0.29, 0.717) is 5.92 Å². The fourth-order valence-corrected chi connectivity index (χ4v) is 3.71. The largest absolute Gasteiger partial charge is 0.400 e. The maximum atomic E-state index is 7.00. The number of hydrogen-bond donors (Lipinski definition) is 3. The minimum atomic E-state index is 0.189. The number of aliphatic hydroxyl groups excluding tert-OH is 1. The predicted molar refractivity (Wildman–Crippen MR) is 114 cm³/mol. The van der Waals surface area contributed by atoms with Crippen molar-refractivity contribution in [2.75, 3.05) is 25.9 Å². The Bertz CT molecular complexity index is 590. The molecular formula is C21H33N3OS. The summed E-state index contributed by atoms with van der Waals surface area (Å²) in [5.41, 5.74) is 14.2. The molecule has 1 unspecified atom stereocenters. The Morgan fingerprint density at radius 1 is 1.00 bits per heavy atom. The van der Waals surface area contributed by atoms with Gasteiger partial charge in [-0.2, -0.15) is 0 Å². The number of nitrogens with zero attached hydrogens (tertiary/aromatic N) is 1. The Hall–Kier alpha value is -1.53. The zero-order valence-corrected chi connectivity index (χ0v) is 17.0. The monoisotopic (exact) mass is 375 g/mol. The quantitative estimate of drug-likeness (QED) is 0.459. The second-order valence-electron chi connectivity index (χ2n) is 6.68. The number of hydrogen-bond acceptors (Lipinski definition) is 5. The number of anilines is 1. The lowest BCUT2D eigenvalue weighted by Gasteiger charge is -2.24. The Morgan fingerprint density at radius 3 is 2.19 bits per heavy atom. The molecule has 2 rings (SSSR count). The molecule has 0 aliphatic rings. The van der Waals surface area contributed by atoms with Crippen LogP contribution in [0.5, 0.6) is 0 Å². The van der Waals surface area contributed by atoms with Crippen LogP contribution < -0.4 is 11.5 Å². The molecule has 2 aromatic rings. The highest BCUT2D eigenvalue weighted by atomic mass is 32.2. The molecule has 0 bridgehead atoms.